The Morgan fingerprint density at radius 2 is 1.20 bits per heavy atom. The number of hydrogen-bond acceptors (Lipinski definition) is 2. The quantitative estimate of drug-likeness (QED) is 0.669. The summed E-state index contributed by atoms with van der Waals surface area (Å²) in [4.78, 5) is 0. The Morgan fingerprint density at radius 1 is 0.700 bits per heavy atom. The van der Waals surface area contributed by atoms with Gasteiger partial charge in [-0.1, -0.05) is 49.7 Å². The lowest BCUT2D eigenvalue weighted by Crippen LogP contribution is -2.43. The third kappa shape index (κ3) is 3.53. The van der Waals surface area contributed by atoms with E-state index in [0.717, 1.165) is 13.1 Å². The first-order chi connectivity index (χ1) is 9.86. The molecule has 0 unspecified atom stereocenters. The molecule has 0 spiro atoms. The van der Waals surface area contributed by atoms with Gasteiger partial charge in [0.25, 0.3) is 0 Å². The molecule has 20 heavy (non-hydrogen) atoms. The van der Waals surface area contributed by atoms with Crippen molar-refractivity contribution in [2.24, 2.45) is 0 Å². The van der Waals surface area contributed by atoms with Crippen LogP contribution in [0.25, 0.3) is 0 Å². The maximum atomic E-state index is 2.39. The molecular formula is C18H24N2. The van der Waals surface area contributed by atoms with Gasteiger partial charge in [0.15, 0.2) is 0 Å². The average molecular weight is 268 g/mol. The Balaban J connectivity index is 2.29. The van der Waals surface area contributed by atoms with Gasteiger partial charge in [0.2, 0.25) is 0 Å². The van der Waals surface area contributed by atoms with Crippen LogP contribution in [-0.2, 0) is 0 Å². The number of unbranched alkanes of at least 4 members (excludes halogenated alkanes) is 1. The van der Waals surface area contributed by atoms with Gasteiger partial charge < -0.3 is 0 Å². The van der Waals surface area contributed by atoms with Crippen LogP contribution in [0.5, 0.6) is 0 Å². The number of anilines is 2. The third-order valence-electron chi connectivity index (χ3n) is 3.42. The molecule has 0 aliphatic rings. The van der Waals surface area contributed by atoms with E-state index in [1.54, 1.807) is 0 Å². The van der Waals surface area contributed by atoms with Crippen molar-refractivity contribution in [3.8, 4) is 0 Å². The van der Waals surface area contributed by atoms with Crippen LogP contribution >= 0.6 is 0 Å². The molecule has 0 saturated heterocycles. The van der Waals surface area contributed by atoms with Crippen LogP contribution < -0.4 is 10.0 Å². The number of hydrogen-bond donors (Lipinski definition) is 0. The van der Waals surface area contributed by atoms with Crippen molar-refractivity contribution in [1.29, 1.82) is 0 Å². The molecule has 0 bridgehead atoms. The molecule has 0 heterocycles. The number of para-hydroxylation sites is 2. The summed E-state index contributed by atoms with van der Waals surface area (Å²) >= 11 is 0. The van der Waals surface area contributed by atoms with Gasteiger partial charge in [-0.15, -0.1) is 0 Å². The van der Waals surface area contributed by atoms with E-state index in [0.29, 0.717) is 0 Å². The van der Waals surface area contributed by atoms with E-state index in [4.69, 9.17) is 0 Å². The van der Waals surface area contributed by atoms with Crippen molar-refractivity contribution in [2.45, 2.75) is 26.7 Å². The maximum absolute atomic E-state index is 2.39. The summed E-state index contributed by atoms with van der Waals surface area (Å²) in [6.07, 6.45) is 2.40. The van der Waals surface area contributed by atoms with Crippen molar-refractivity contribution >= 4 is 11.4 Å². The Labute approximate surface area is 122 Å². The van der Waals surface area contributed by atoms with Crippen molar-refractivity contribution in [2.75, 3.05) is 23.1 Å². The summed E-state index contributed by atoms with van der Waals surface area (Å²) in [5.41, 5.74) is 2.50. The number of hydrazine groups is 1. The maximum Gasteiger partial charge on any atom is 0.0574 e. The minimum absolute atomic E-state index is 0.961. The Hall–Kier alpha value is -1.96. The second-order valence-electron chi connectivity index (χ2n) is 4.86. The highest BCUT2D eigenvalue weighted by Gasteiger charge is 2.14. The molecule has 0 aliphatic heterocycles. The Kier molecular flexibility index (Phi) is 5.48. The van der Waals surface area contributed by atoms with Crippen LogP contribution in [0.3, 0.4) is 0 Å². The van der Waals surface area contributed by atoms with E-state index < -0.39 is 0 Å². The van der Waals surface area contributed by atoms with Gasteiger partial charge in [0.1, 0.15) is 0 Å². The van der Waals surface area contributed by atoms with Gasteiger partial charge in [-0.2, -0.15) is 0 Å². The second-order valence-corrected chi connectivity index (χ2v) is 4.86. The predicted molar refractivity (Wildman–Crippen MR) is 88.2 cm³/mol. The summed E-state index contributed by atoms with van der Waals surface area (Å²) in [7, 11) is 0. The molecule has 0 aromatic heterocycles. The highest BCUT2D eigenvalue weighted by Crippen LogP contribution is 2.22. The first kappa shape index (κ1) is 14.4. The van der Waals surface area contributed by atoms with Gasteiger partial charge >= 0.3 is 0 Å². The van der Waals surface area contributed by atoms with Gasteiger partial charge in [0.05, 0.1) is 11.4 Å². The minimum Gasteiger partial charge on any atom is -0.286 e. The van der Waals surface area contributed by atoms with Crippen molar-refractivity contribution < 1.29 is 0 Å². The molecule has 0 saturated carbocycles. The standard InChI is InChI=1S/C18H24N2/c1-3-5-16-20(18-14-10-7-11-15-18)19(4-2)17-12-8-6-9-13-17/h6-15H,3-5,16H2,1-2H3. The molecule has 0 amide bonds. The van der Waals surface area contributed by atoms with Crippen LogP contribution in [0.15, 0.2) is 60.7 Å². The molecule has 2 heteroatoms. The fraction of sp³-hybridized carbons (Fsp3) is 0.333. The number of rotatable bonds is 7. The van der Waals surface area contributed by atoms with Crippen LogP contribution in [0.2, 0.25) is 0 Å². The van der Waals surface area contributed by atoms with E-state index >= 15 is 0 Å². The molecule has 106 valence electrons. The molecule has 0 fully saturated rings. The molecule has 0 atom stereocenters. The minimum atomic E-state index is 0.961. The lowest BCUT2D eigenvalue weighted by Gasteiger charge is -2.38. The van der Waals surface area contributed by atoms with E-state index in [2.05, 4.69) is 84.5 Å². The van der Waals surface area contributed by atoms with E-state index in [1.165, 1.54) is 24.2 Å². The lowest BCUT2D eigenvalue weighted by molar-refractivity contribution is 0.681. The van der Waals surface area contributed by atoms with Crippen LogP contribution in [-0.4, -0.2) is 13.1 Å². The predicted octanol–water partition coefficient (Wildman–Crippen LogP) is 4.73. The monoisotopic (exact) mass is 268 g/mol. The fourth-order valence-electron chi connectivity index (χ4n) is 2.39. The zero-order valence-electron chi connectivity index (χ0n) is 12.5. The van der Waals surface area contributed by atoms with Crippen LogP contribution in [0, 0.1) is 0 Å². The largest absolute Gasteiger partial charge is 0.286 e. The SMILES string of the molecule is CCCCN(c1ccccc1)N(CC)c1ccccc1. The van der Waals surface area contributed by atoms with Crippen molar-refractivity contribution in [1.82, 2.24) is 0 Å². The summed E-state index contributed by atoms with van der Waals surface area (Å²) in [5, 5.41) is 4.74. The first-order valence-electron chi connectivity index (χ1n) is 7.52. The molecule has 2 aromatic carbocycles. The molecule has 2 aromatic rings. The molecule has 0 radical (unpaired) electrons. The van der Waals surface area contributed by atoms with Crippen molar-refractivity contribution in [3.05, 3.63) is 60.7 Å². The highest BCUT2D eigenvalue weighted by atomic mass is 15.6. The lowest BCUT2D eigenvalue weighted by atomic mass is 10.2. The topological polar surface area (TPSA) is 6.48 Å². The summed E-state index contributed by atoms with van der Waals surface area (Å²) in [5.74, 6) is 0. The van der Waals surface area contributed by atoms with Gasteiger partial charge in [0, 0.05) is 13.1 Å². The molecule has 2 rings (SSSR count). The first-order valence-corrected chi connectivity index (χ1v) is 7.52. The average Bonchev–Trinajstić information content (AvgIpc) is 2.53. The van der Waals surface area contributed by atoms with E-state index in [-0.39, 0.29) is 0 Å². The van der Waals surface area contributed by atoms with Gasteiger partial charge in [-0.05, 0) is 37.6 Å². The Morgan fingerprint density at radius 3 is 1.65 bits per heavy atom. The smallest absolute Gasteiger partial charge is 0.0574 e. The molecule has 0 N–H and O–H groups in total. The zero-order valence-corrected chi connectivity index (χ0v) is 12.5. The number of benzene rings is 2. The second kappa shape index (κ2) is 7.59. The molecule has 2 nitrogen and oxygen atoms in total. The number of nitrogens with zero attached hydrogens (tertiary/aromatic N) is 2. The molecule has 0 aliphatic carbocycles. The highest BCUT2D eigenvalue weighted by molar-refractivity contribution is 5.57. The zero-order chi connectivity index (χ0) is 14.2. The summed E-state index contributed by atoms with van der Waals surface area (Å²) < 4.78 is 0. The van der Waals surface area contributed by atoms with Crippen LogP contribution in [0.1, 0.15) is 26.7 Å². The third-order valence-corrected chi connectivity index (χ3v) is 3.42. The normalized spacial score (nSPS) is 10.3. The van der Waals surface area contributed by atoms with E-state index in [9.17, 15) is 0 Å². The van der Waals surface area contributed by atoms with Gasteiger partial charge in [-0.25, -0.2) is 0 Å². The molecular weight excluding hydrogens is 244 g/mol. The van der Waals surface area contributed by atoms with Crippen molar-refractivity contribution in [3.63, 3.8) is 0 Å². The fourth-order valence-corrected chi connectivity index (χ4v) is 2.39. The van der Waals surface area contributed by atoms with Crippen LogP contribution in [0.4, 0.5) is 11.4 Å². The summed E-state index contributed by atoms with van der Waals surface area (Å²) in [6, 6.07) is 21.2. The van der Waals surface area contributed by atoms with Gasteiger partial charge in [-0.3, -0.25) is 10.0 Å². The van der Waals surface area contributed by atoms with E-state index in [1.807, 2.05) is 0 Å². The summed E-state index contributed by atoms with van der Waals surface area (Å²) in [6.45, 7) is 6.45. The Bertz CT molecular complexity index is 481.